The van der Waals surface area contributed by atoms with Crippen molar-refractivity contribution in [3.05, 3.63) is 59.7 Å². The first-order valence-electron chi connectivity index (χ1n) is 13.1. The molecule has 0 aliphatic carbocycles. The Kier molecular flexibility index (Phi) is 9.96. The third-order valence-electron chi connectivity index (χ3n) is 7.53. The van der Waals surface area contributed by atoms with Crippen LogP contribution < -0.4 is 14.8 Å². The van der Waals surface area contributed by atoms with E-state index in [-0.39, 0.29) is 24.3 Å². The van der Waals surface area contributed by atoms with Gasteiger partial charge in [-0.2, -0.15) is 5.26 Å². The Hall–Kier alpha value is -3.53. The number of unbranched alkanes of at least 4 members (excludes halogenated alkanes) is 1. The zero-order chi connectivity index (χ0) is 26.8. The van der Waals surface area contributed by atoms with Crippen LogP contribution in [-0.2, 0) is 21.5 Å². The lowest BCUT2D eigenvalue weighted by Gasteiger charge is -2.31. The highest BCUT2D eigenvalue weighted by molar-refractivity contribution is 5.88. The first-order valence-corrected chi connectivity index (χ1v) is 13.1. The molecule has 1 aliphatic rings. The number of methoxy groups -OCH3 is 2. The van der Waals surface area contributed by atoms with Crippen LogP contribution in [0, 0.1) is 17.2 Å². The van der Waals surface area contributed by atoms with Gasteiger partial charge in [0.15, 0.2) is 0 Å². The summed E-state index contributed by atoms with van der Waals surface area (Å²) in [5, 5.41) is 13.1. The molecule has 1 N–H and O–H groups in total. The highest BCUT2D eigenvalue weighted by Gasteiger charge is 2.36. The molecule has 0 spiro atoms. The fourth-order valence-electron chi connectivity index (χ4n) is 5.31. The minimum absolute atomic E-state index is 0.000613. The molecule has 1 unspecified atom stereocenters. The van der Waals surface area contributed by atoms with E-state index >= 15 is 0 Å². The second-order valence-electron chi connectivity index (χ2n) is 9.92. The van der Waals surface area contributed by atoms with E-state index in [0.717, 1.165) is 24.0 Å². The molecule has 2 amide bonds. The van der Waals surface area contributed by atoms with Crippen LogP contribution in [0.25, 0.3) is 0 Å². The van der Waals surface area contributed by atoms with Crippen LogP contribution in [0.2, 0.25) is 0 Å². The number of carbonyl (C=O) groups excluding carboxylic acids is 2. The third-order valence-corrected chi connectivity index (χ3v) is 7.53. The molecule has 1 saturated heterocycles. The fraction of sp³-hybridized carbons (Fsp3) is 0.500. The third kappa shape index (κ3) is 6.43. The summed E-state index contributed by atoms with van der Waals surface area (Å²) in [6, 6.07) is 17.5. The first kappa shape index (κ1) is 28.0. The number of benzene rings is 2. The van der Waals surface area contributed by atoms with E-state index in [1.165, 1.54) is 0 Å². The Balaban J connectivity index is 1.55. The van der Waals surface area contributed by atoms with Gasteiger partial charge < -0.3 is 19.7 Å². The number of nitriles is 1. The van der Waals surface area contributed by atoms with Gasteiger partial charge in [0, 0.05) is 13.0 Å². The average molecular weight is 506 g/mol. The Bertz CT molecular complexity index is 1070. The lowest BCUT2D eigenvalue weighted by Crippen LogP contribution is -2.45. The van der Waals surface area contributed by atoms with Crippen molar-refractivity contribution in [1.29, 1.82) is 5.26 Å². The Morgan fingerprint density at radius 2 is 1.76 bits per heavy atom. The monoisotopic (exact) mass is 505 g/mol. The number of nitrogens with zero attached hydrogens (tertiary/aromatic N) is 2. The van der Waals surface area contributed by atoms with E-state index in [9.17, 15) is 14.9 Å². The maximum atomic E-state index is 13.1. The molecular formula is C30H39N3O4. The highest BCUT2D eigenvalue weighted by Crippen LogP contribution is 2.37. The van der Waals surface area contributed by atoms with Gasteiger partial charge in [-0.1, -0.05) is 56.7 Å². The van der Waals surface area contributed by atoms with Crippen molar-refractivity contribution >= 4 is 11.8 Å². The van der Waals surface area contributed by atoms with Crippen LogP contribution in [0.5, 0.6) is 11.5 Å². The lowest BCUT2D eigenvalue weighted by atomic mass is 9.69. The molecule has 1 heterocycles. The minimum atomic E-state index is -0.570. The molecule has 7 heteroatoms. The SMILES string of the molecule is COc1cccc(OC)c1CNC(=O)[C@H]1CCCN1C(=O)CCCCC(C#N)(c1ccccc1)C(C)C. The van der Waals surface area contributed by atoms with Crippen LogP contribution in [0.3, 0.4) is 0 Å². The number of amides is 2. The summed E-state index contributed by atoms with van der Waals surface area (Å²) >= 11 is 0. The van der Waals surface area contributed by atoms with Crippen molar-refractivity contribution in [3.8, 4) is 17.6 Å². The van der Waals surface area contributed by atoms with Gasteiger partial charge in [-0.15, -0.1) is 0 Å². The number of ether oxygens (including phenoxy) is 2. The predicted octanol–water partition coefficient (Wildman–Crippen LogP) is 4.99. The van der Waals surface area contributed by atoms with Crippen LogP contribution in [0.4, 0.5) is 0 Å². The first-order chi connectivity index (χ1) is 17.9. The maximum absolute atomic E-state index is 13.1. The zero-order valence-corrected chi connectivity index (χ0v) is 22.5. The molecule has 0 bridgehead atoms. The molecule has 1 fully saturated rings. The summed E-state index contributed by atoms with van der Waals surface area (Å²) in [7, 11) is 3.16. The quantitative estimate of drug-likeness (QED) is 0.411. The lowest BCUT2D eigenvalue weighted by molar-refractivity contribution is -0.138. The van der Waals surface area contributed by atoms with E-state index in [1.807, 2.05) is 48.5 Å². The Labute approximate surface area is 220 Å². The Morgan fingerprint density at radius 3 is 2.35 bits per heavy atom. The fourth-order valence-corrected chi connectivity index (χ4v) is 5.31. The van der Waals surface area contributed by atoms with Crippen LogP contribution >= 0.6 is 0 Å². The van der Waals surface area contributed by atoms with Crippen molar-refractivity contribution in [2.75, 3.05) is 20.8 Å². The molecule has 3 rings (SSSR count). The molecule has 0 saturated carbocycles. The van der Waals surface area contributed by atoms with E-state index < -0.39 is 11.5 Å². The summed E-state index contributed by atoms with van der Waals surface area (Å²) in [6.45, 7) is 5.01. The molecule has 37 heavy (non-hydrogen) atoms. The zero-order valence-electron chi connectivity index (χ0n) is 22.5. The average Bonchev–Trinajstić information content (AvgIpc) is 3.42. The number of hydrogen-bond acceptors (Lipinski definition) is 5. The number of likely N-dealkylation sites (tertiary alicyclic amines) is 1. The van der Waals surface area contributed by atoms with Gasteiger partial charge in [0.2, 0.25) is 11.8 Å². The molecule has 2 aromatic carbocycles. The van der Waals surface area contributed by atoms with Crippen molar-refractivity contribution in [2.24, 2.45) is 5.92 Å². The molecule has 1 aliphatic heterocycles. The molecule has 2 atom stereocenters. The van der Waals surface area contributed by atoms with Crippen LogP contribution in [0.15, 0.2) is 48.5 Å². The maximum Gasteiger partial charge on any atom is 0.243 e. The molecular weight excluding hydrogens is 466 g/mol. The molecule has 0 radical (unpaired) electrons. The number of nitrogens with one attached hydrogen (secondary N) is 1. The van der Waals surface area contributed by atoms with Gasteiger partial charge in [0.25, 0.3) is 0 Å². The number of rotatable bonds is 12. The van der Waals surface area contributed by atoms with Gasteiger partial charge in [0.1, 0.15) is 17.5 Å². The summed E-state index contributed by atoms with van der Waals surface area (Å²) < 4.78 is 10.8. The summed E-state index contributed by atoms with van der Waals surface area (Å²) in [5.41, 5.74) is 1.22. The molecule has 198 valence electrons. The number of carbonyl (C=O) groups is 2. The smallest absolute Gasteiger partial charge is 0.243 e. The number of hydrogen-bond donors (Lipinski definition) is 1. The van der Waals surface area contributed by atoms with Gasteiger partial charge in [0.05, 0.1) is 37.8 Å². The van der Waals surface area contributed by atoms with Crippen LogP contribution in [-0.4, -0.2) is 43.5 Å². The largest absolute Gasteiger partial charge is 0.496 e. The second kappa shape index (κ2) is 13.1. The van der Waals surface area contributed by atoms with E-state index in [1.54, 1.807) is 19.1 Å². The van der Waals surface area contributed by atoms with Crippen molar-refractivity contribution in [2.45, 2.75) is 70.4 Å². The van der Waals surface area contributed by atoms with Gasteiger partial charge in [-0.05, 0) is 49.3 Å². The van der Waals surface area contributed by atoms with E-state index in [4.69, 9.17) is 9.47 Å². The molecule has 2 aromatic rings. The second-order valence-corrected chi connectivity index (χ2v) is 9.92. The van der Waals surface area contributed by atoms with Crippen molar-refractivity contribution < 1.29 is 19.1 Å². The summed E-state index contributed by atoms with van der Waals surface area (Å²) in [4.78, 5) is 27.8. The predicted molar refractivity (Wildman–Crippen MR) is 143 cm³/mol. The standard InChI is InChI=1S/C30H39N3O4/c1-22(2)30(21-31,23-12-6-5-7-13-23)18-9-8-17-28(34)33-19-11-14-25(33)29(35)32-20-24-26(36-3)15-10-16-27(24)37-4/h5-7,10,12-13,15-16,22,25H,8-9,11,14,17-20H2,1-4H3,(H,32,35)/t25-,30?/m1/s1. The normalized spacial score (nSPS) is 16.6. The van der Waals surface area contributed by atoms with Crippen LogP contribution in [0.1, 0.15) is 63.5 Å². The molecule has 0 aromatic heterocycles. The summed E-state index contributed by atoms with van der Waals surface area (Å²) in [6.07, 6.45) is 3.98. The Morgan fingerprint density at radius 1 is 1.08 bits per heavy atom. The summed E-state index contributed by atoms with van der Waals surface area (Å²) in [5.74, 6) is 1.28. The van der Waals surface area contributed by atoms with E-state index in [0.29, 0.717) is 43.7 Å². The minimum Gasteiger partial charge on any atom is -0.496 e. The van der Waals surface area contributed by atoms with Gasteiger partial charge in [-0.25, -0.2) is 0 Å². The topological polar surface area (TPSA) is 91.7 Å². The highest BCUT2D eigenvalue weighted by atomic mass is 16.5. The van der Waals surface area contributed by atoms with Crippen molar-refractivity contribution in [1.82, 2.24) is 10.2 Å². The van der Waals surface area contributed by atoms with Gasteiger partial charge >= 0.3 is 0 Å². The van der Waals surface area contributed by atoms with E-state index in [2.05, 4.69) is 25.2 Å². The molecule has 7 nitrogen and oxygen atoms in total. The van der Waals surface area contributed by atoms with Crippen molar-refractivity contribution in [3.63, 3.8) is 0 Å². The van der Waals surface area contributed by atoms with Gasteiger partial charge in [-0.3, -0.25) is 9.59 Å².